The number of alkyl halides is 3. The third kappa shape index (κ3) is 5.29. The summed E-state index contributed by atoms with van der Waals surface area (Å²) < 4.78 is 39.8. The SMILES string of the molecule is CCC(O)[C@H]1C[C@H](N(C)C(C)C)CC[C@@H]1N1CCC(Nc2ncnc3ccc(C(F)(F)F)cc23)C1=O. The first-order valence-corrected chi connectivity index (χ1v) is 12.8. The zero-order valence-corrected chi connectivity index (χ0v) is 21.3. The number of carbonyl (C=O) groups excluding carboxylic acids is 1. The van der Waals surface area contributed by atoms with E-state index in [4.69, 9.17) is 0 Å². The zero-order valence-electron chi connectivity index (χ0n) is 21.3. The fourth-order valence-electron chi connectivity index (χ4n) is 5.74. The highest BCUT2D eigenvalue weighted by atomic mass is 19.4. The minimum Gasteiger partial charge on any atom is -0.393 e. The monoisotopic (exact) mass is 507 g/mol. The lowest BCUT2D eigenvalue weighted by Gasteiger charge is -2.46. The second-order valence-corrected chi connectivity index (χ2v) is 10.4. The molecular weight excluding hydrogens is 471 g/mol. The quantitative estimate of drug-likeness (QED) is 0.581. The molecule has 4 rings (SSSR count). The predicted molar refractivity (Wildman–Crippen MR) is 132 cm³/mol. The van der Waals surface area contributed by atoms with E-state index in [-0.39, 0.29) is 29.1 Å². The Morgan fingerprint density at radius 3 is 2.64 bits per heavy atom. The average molecular weight is 508 g/mol. The van der Waals surface area contributed by atoms with Crippen molar-refractivity contribution in [3.63, 3.8) is 0 Å². The molecule has 2 heterocycles. The van der Waals surface area contributed by atoms with Crippen LogP contribution in [0.4, 0.5) is 19.0 Å². The van der Waals surface area contributed by atoms with Gasteiger partial charge >= 0.3 is 6.18 Å². The number of nitrogens with zero attached hydrogens (tertiary/aromatic N) is 4. The number of carbonyl (C=O) groups is 1. The van der Waals surface area contributed by atoms with Gasteiger partial charge in [-0.25, -0.2) is 9.97 Å². The normalized spacial score (nSPS) is 26.3. The highest BCUT2D eigenvalue weighted by Gasteiger charge is 2.44. The van der Waals surface area contributed by atoms with Crippen molar-refractivity contribution in [3.8, 4) is 0 Å². The van der Waals surface area contributed by atoms with Crippen LogP contribution in [0.1, 0.15) is 58.4 Å². The van der Waals surface area contributed by atoms with E-state index < -0.39 is 23.9 Å². The van der Waals surface area contributed by atoms with Gasteiger partial charge in [-0.3, -0.25) is 4.79 Å². The van der Waals surface area contributed by atoms with Gasteiger partial charge in [-0.2, -0.15) is 13.2 Å². The molecule has 5 atom stereocenters. The van der Waals surface area contributed by atoms with E-state index in [0.717, 1.165) is 31.4 Å². The first kappa shape index (κ1) is 26.6. The van der Waals surface area contributed by atoms with Crippen LogP contribution in [-0.4, -0.2) is 74.6 Å². The lowest BCUT2D eigenvalue weighted by atomic mass is 9.76. The van der Waals surface area contributed by atoms with Gasteiger partial charge in [-0.15, -0.1) is 0 Å². The Labute approximate surface area is 210 Å². The van der Waals surface area contributed by atoms with Gasteiger partial charge < -0.3 is 20.2 Å². The summed E-state index contributed by atoms with van der Waals surface area (Å²) in [5.41, 5.74) is -0.409. The van der Waals surface area contributed by atoms with Gasteiger partial charge in [0.05, 0.1) is 17.2 Å². The molecule has 36 heavy (non-hydrogen) atoms. The molecule has 0 radical (unpaired) electrons. The van der Waals surface area contributed by atoms with Crippen molar-refractivity contribution in [2.45, 2.75) is 89.3 Å². The highest BCUT2D eigenvalue weighted by Crippen LogP contribution is 2.37. The van der Waals surface area contributed by atoms with Gasteiger partial charge in [-0.1, -0.05) is 6.92 Å². The number of hydrogen-bond acceptors (Lipinski definition) is 6. The average Bonchev–Trinajstić information content (AvgIpc) is 3.21. The van der Waals surface area contributed by atoms with E-state index >= 15 is 0 Å². The number of nitrogens with one attached hydrogen (secondary N) is 1. The predicted octanol–water partition coefficient (Wildman–Crippen LogP) is 4.31. The molecule has 1 aromatic heterocycles. The molecule has 0 spiro atoms. The van der Waals surface area contributed by atoms with Crippen molar-refractivity contribution in [3.05, 3.63) is 30.1 Å². The van der Waals surface area contributed by atoms with Crippen LogP contribution in [0.2, 0.25) is 0 Å². The van der Waals surface area contributed by atoms with Crippen molar-refractivity contribution in [2.75, 3.05) is 18.9 Å². The molecule has 7 nitrogen and oxygen atoms in total. The maximum Gasteiger partial charge on any atom is 0.416 e. The second-order valence-electron chi connectivity index (χ2n) is 10.4. The molecule has 198 valence electrons. The van der Waals surface area contributed by atoms with E-state index in [1.807, 2.05) is 11.8 Å². The van der Waals surface area contributed by atoms with E-state index in [9.17, 15) is 23.1 Å². The van der Waals surface area contributed by atoms with Gasteiger partial charge in [0.15, 0.2) is 0 Å². The molecule has 1 amide bonds. The number of aromatic nitrogens is 2. The van der Waals surface area contributed by atoms with Crippen LogP contribution in [0.3, 0.4) is 0 Å². The minimum absolute atomic E-state index is 0.0214. The third-order valence-electron chi connectivity index (χ3n) is 8.05. The van der Waals surface area contributed by atoms with Crippen molar-refractivity contribution in [1.82, 2.24) is 19.8 Å². The summed E-state index contributed by atoms with van der Waals surface area (Å²) in [7, 11) is 2.11. The first-order chi connectivity index (χ1) is 17.0. The van der Waals surface area contributed by atoms with Crippen LogP contribution in [0, 0.1) is 5.92 Å². The van der Waals surface area contributed by atoms with Crippen molar-refractivity contribution in [1.29, 1.82) is 0 Å². The smallest absolute Gasteiger partial charge is 0.393 e. The maximum absolute atomic E-state index is 13.5. The van der Waals surface area contributed by atoms with Gasteiger partial charge in [0.2, 0.25) is 5.91 Å². The molecule has 2 N–H and O–H groups in total. The number of halogens is 3. The van der Waals surface area contributed by atoms with Crippen molar-refractivity contribution >= 4 is 22.6 Å². The third-order valence-corrected chi connectivity index (χ3v) is 8.05. The number of rotatable bonds is 7. The summed E-state index contributed by atoms with van der Waals surface area (Å²) in [6, 6.07) is 3.44. The Hall–Kier alpha value is -2.46. The summed E-state index contributed by atoms with van der Waals surface area (Å²) in [4.78, 5) is 26.0. The van der Waals surface area contributed by atoms with Gasteiger partial charge in [0.25, 0.3) is 0 Å². The molecular formula is C26H36F3N5O2. The fraction of sp³-hybridized carbons (Fsp3) is 0.654. The summed E-state index contributed by atoms with van der Waals surface area (Å²) in [6.45, 7) is 6.82. The Morgan fingerprint density at radius 1 is 1.22 bits per heavy atom. The number of anilines is 1. The van der Waals surface area contributed by atoms with Crippen LogP contribution in [0.5, 0.6) is 0 Å². The molecule has 2 fully saturated rings. The van der Waals surface area contributed by atoms with E-state index in [1.165, 1.54) is 12.4 Å². The number of aliphatic hydroxyl groups is 1. The molecule has 2 aromatic rings. The van der Waals surface area contributed by atoms with Crippen LogP contribution in [-0.2, 0) is 11.0 Å². The zero-order chi connectivity index (χ0) is 26.2. The van der Waals surface area contributed by atoms with E-state index in [1.54, 1.807) is 0 Å². The Kier molecular flexibility index (Phi) is 7.75. The lowest BCUT2D eigenvalue weighted by molar-refractivity contribution is -0.137. The van der Waals surface area contributed by atoms with Crippen LogP contribution in [0.25, 0.3) is 10.9 Å². The maximum atomic E-state index is 13.5. The summed E-state index contributed by atoms with van der Waals surface area (Å²) in [6.07, 6.45) is 0.0331. The van der Waals surface area contributed by atoms with Gasteiger partial charge in [0, 0.05) is 36.0 Å². The number of benzene rings is 1. The standard InChI is InChI=1S/C26H36F3N5O2/c1-5-23(35)19-13-17(33(4)15(2)3)7-9-22(19)34-11-10-21(25(34)36)32-24-18-12-16(26(27,28)29)6-8-20(18)30-14-31-24/h6,8,12,14-15,17,19,21-23,35H,5,7,9-11,13H2,1-4H3,(H,30,31,32)/t17-,19+,21?,22+,23?/m1/s1. The second kappa shape index (κ2) is 10.5. The topological polar surface area (TPSA) is 81.6 Å². The van der Waals surface area contributed by atoms with Crippen LogP contribution in [0.15, 0.2) is 24.5 Å². The molecule has 1 saturated carbocycles. The lowest BCUT2D eigenvalue weighted by Crippen LogP contribution is -2.53. The molecule has 1 saturated heterocycles. The van der Waals surface area contributed by atoms with E-state index in [2.05, 4.69) is 41.1 Å². The molecule has 1 aromatic carbocycles. The number of fused-ring (bicyclic) bond motifs is 1. The van der Waals surface area contributed by atoms with Crippen molar-refractivity contribution in [2.24, 2.45) is 5.92 Å². The van der Waals surface area contributed by atoms with Crippen LogP contribution < -0.4 is 5.32 Å². The molecule has 2 unspecified atom stereocenters. The summed E-state index contributed by atoms with van der Waals surface area (Å²) in [5.74, 6) is 0.105. The van der Waals surface area contributed by atoms with Crippen molar-refractivity contribution < 1.29 is 23.1 Å². The molecule has 0 bridgehead atoms. The molecule has 10 heteroatoms. The Balaban J connectivity index is 1.53. The fourth-order valence-corrected chi connectivity index (χ4v) is 5.74. The van der Waals surface area contributed by atoms with Crippen LogP contribution >= 0.6 is 0 Å². The molecule has 1 aliphatic heterocycles. The summed E-state index contributed by atoms with van der Waals surface area (Å²) in [5, 5.41) is 14.2. The largest absolute Gasteiger partial charge is 0.416 e. The molecule has 2 aliphatic rings. The summed E-state index contributed by atoms with van der Waals surface area (Å²) >= 11 is 0. The van der Waals surface area contributed by atoms with Gasteiger partial charge in [0.1, 0.15) is 18.2 Å². The first-order valence-electron chi connectivity index (χ1n) is 12.8. The minimum atomic E-state index is -4.49. The molecule has 1 aliphatic carbocycles. The highest BCUT2D eigenvalue weighted by molar-refractivity contribution is 5.93. The Bertz CT molecular complexity index is 1080. The number of likely N-dealkylation sites (tertiary alicyclic amines) is 1. The number of hydrogen-bond donors (Lipinski definition) is 2. The van der Waals surface area contributed by atoms with E-state index in [0.29, 0.717) is 37.0 Å². The van der Waals surface area contributed by atoms with Gasteiger partial charge in [-0.05, 0) is 71.2 Å². The number of amides is 1. The Morgan fingerprint density at radius 2 is 1.97 bits per heavy atom. The number of aliphatic hydroxyl groups excluding tert-OH is 1.